The van der Waals surface area contributed by atoms with E-state index in [1.54, 1.807) is 0 Å². The van der Waals surface area contributed by atoms with Crippen molar-refractivity contribution >= 4 is 11.7 Å². The first-order valence-electron chi connectivity index (χ1n) is 8.34. The van der Waals surface area contributed by atoms with Crippen LogP contribution in [0.25, 0.3) is 5.69 Å². The molecule has 122 valence electrons. The van der Waals surface area contributed by atoms with Crippen LogP contribution in [-0.2, 0) is 0 Å². The highest BCUT2D eigenvalue weighted by atomic mass is 16.2. The summed E-state index contributed by atoms with van der Waals surface area (Å²) in [6.07, 6.45) is 5.84. The Morgan fingerprint density at radius 1 is 1.13 bits per heavy atom. The van der Waals surface area contributed by atoms with Crippen LogP contribution in [0, 0.1) is 13.8 Å². The summed E-state index contributed by atoms with van der Waals surface area (Å²) in [5.74, 6) is 0. The largest absolute Gasteiger partial charge is 0.335 e. The van der Waals surface area contributed by atoms with Crippen LogP contribution in [0.3, 0.4) is 0 Å². The molecule has 0 radical (unpaired) electrons. The minimum absolute atomic E-state index is 0.129. The molecule has 1 fully saturated rings. The molecule has 5 nitrogen and oxygen atoms in total. The summed E-state index contributed by atoms with van der Waals surface area (Å²) in [6, 6.07) is 10.1. The number of carbonyl (C=O) groups is 1. The van der Waals surface area contributed by atoms with Crippen LogP contribution in [0.2, 0.25) is 0 Å². The molecule has 2 aromatic rings. The molecule has 1 aromatic heterocycles. The summed E-state index contributed by atoms with van der Waals surface area (Å²) in [5, 5.41) is 10.6. The zero-order valence-corrected chi connectivity index (χ0v) is 13.8. The smallest absolute Gasteiger partial charge is 0.319 e. The Bertz CT molecular complexity index is 672. The van der Waals surface area contributed by atoms with Crippen molar-refractivity contribution in [2.24, 2.45) is 0 Å². The zero-order chi connectivity index (χ0) is 16.2. The number of urea groups is 1. The normalized spacial score (nSPS) is 15.4. The lowest BCUT2D eigenvalue weighted by Gasteiger charge is -2.22. The molecule has 0 unspecified atom stereocenters. The average molecular weight is 312 g/mol. The van der Waals surface area contributed by atoms with Gasteiger partial charge in [0.05, 0.1) is 22.8 Å². The Kier molecular flexibility index (Phi) is 4.65. The second kappa shape index (κ2) is 6.86. The zero-order valence-electron chi connectivity index (χ0n) is 13.8. The van der Waals surface area contributed by atoms with E-state index in [2.05, 4.69) is 15.7 Å². The molecule has 23 heavy (non-hydrogen) atoms. The van der Waals surface area contributed by atoms with E-state index in [9.17, 15) is 4.79 Å². The number of para-hydroxylation sites is 1. The molecule has 1 aromatic carbocycles. The highest BCUT2D eigenvalue weighted by Crippen LogP contribution is 2.23. The first-order chi connectivity index (χ1) is 11.1. The molecule has 0 bridgehead atoms. The van der Waals surface area contributed by atoms with Gasteiger partial charge in [-0.3, -0.25) is 0 Å². The Balaban J connectivity index is 1.73. The first-order valence-corrected chi connectivity index (χ1v) is 8.34. The molecule has 1 aliphatic carbocycles. The number of rotatable bonds is 3. The molecule has 0 saturated heterocycles. The van der Waals surface area contributed by atoms with Gasteiger partial charge >= 0.3 is 6.03 Å². The summed E-state index contributed by atoms with van der Waals surface area (Å²) < 4.78 is 1.87. The van der Waals surface area contributed by atoms with Gasteiger partial charge in [-0.15, -0.1) is 0 Å². The number of nitrogens with one attached hydrogen (secondary N) is 2. The molecule has 3 rings (SSSR count). The SMILES string of the molecule is Cc1nn(-c2ccccc2)c(C)c1NC(=O)NC1CCCCC1. The molecule has 2 amide bonds. The number of nitrogens with zero attached hydrogens (tertiary/aromatic N) is 2. The van der Waals surface area contributed by atoms with Gasteiger partial charge in [-0.1, -0.05) is 37.5 Å². The highest BCUT2D eigenvalue weighted by molar-refractivity contribution is 5.90. The van der Waals surface area contributed by atoms with Crippen LogP contribution in [0.4, 0.5) is 10.5 Å². The van der Waals surface area contributed by atoms with Crippen LogP contribution in [0.5, 0.6) is 0 Å². The number of carbonyl (C=O) groups excluding carboxylic acids is 1. The standard InChI is InChI=1S/C18H24N4O/c1-13-17(20-18(23)19-15-9-5-3-6-10-15)14(2)22(21-13)16-11-7-4-8-12-16/h4,7-8,11-12,15H,3,5-6,9-10H2,1-2H3,(H2,19,20,23). The van der Waals surface area contributed by atoms with Gasteiger partial charge in [0.25, 0.3) is 0 Å². The van der Waals surface area contributed by atoms with Crippen molar-refractivity contribution in [3.63, 3.8) is 0 Å². The van der Waals surface area contributed by atoms with Crippen LogP contribution in [0.15, 0.2) is 30.3 Å². The third kappa shape index (κ3) is 3.55. The maximum Gasteiger partial charge on any atom is 0.319 e. The highest BCUT2D eigenvalue weighted by Gasteiger charge is 2.18. The third-order valence-electron chi connectivity index (χ3n) is 4.47. The van der Waals surface area contributed by atoms with E-state index in [0.717, 1.165) is 35.6 Å². The molecule has 1 heterocycles. The first kappa shape index (κ1) is 15.6. The molecule has 2 N–H and O–H groups in total. The molecule has 1 aliphatic rings. The molecule has 0 atom stereocenters. The van der Waals surface area contributed by atoms with E-state index in [1.807, 2.05) is 48.9 Å². The minimum Gasteiger partial charge on any atom is -0.335 e. The van der Waals surface area contributed by atoms with Crippen molar-refractivity contribution < 1.29 is 4.79 Å². The average Bonchev–Trinajstić information content (AvgIpc) is 2.85. The van der Waals surface area contributed by atoms with Gasteiger partial charge in [0.1, 0.15) is 0 Å². The molecule has 0 aliphatic heterocycles. The lowest BCUT2D eigenvalue weighted by atomic mass is 9.96. The van der Waals surface area contributed by atoms with Crippen molar-refractivity contribution in [1.82, 2.24) is 15.1 Å². The summed E-state index contributed by atoms with van der Waals surface area (Å²) >= 11 is 0. The van der Waals surface area contributed by atoms with Gasteiger partial charge in [0, 0.05) is 6.04 Å². The number of benzene rings is 1. The van der Waals surface area contributed by atoms with E-state index >= 15 is 0 Å². The second-order valence-corrected chi connectivity index (χ2v) is 6.23. The lowest BCUT2D eigenvalue weighted by Crippen LogP contribution is -2.39. The van der Waals surface area contributed by atoms with Gasteiger partial charge in [-0.25, -0.2) is 9.48 Å². The molecule has 5 heteroatoms. The fourth-order valence-electron chi connectivity index (χ4n) is 3.23. The maximum atomic E-state index is 12.3. The number of aromatic nitrogens is 2. The number of aryl methyl sites for hydroxylation is 1. The Morgan fingerprint density at radius 2 is 1.83 bits per heavy atom. The summed E-state index contributed by atoms with van der Waals surface area (Å²) in [7, 11) is 0. The van der Waals surface area contributed by atoms with Gasteiger partial charge < -0.3 is 10.6 Å². The topological polar surface area (TPSA) is 59.0 Å². The Labute approximate surface area is 137 Å². The predicted octanol–water partition coefficient (Wildman–Crippen LogP) is 3.94. The van der Waals surface area contributed by atoms with E-state index < -0.39 is 0 Å². The van der Waals surface area contributed by atoms with E-state index in [-0.39, 0.29) is 6.03 Å². The molecule has 0 spiro atoms. The Hall–Kier alpha value is -2.30. The molecule has 1 saturated carbocycles. The van der Waals surface area contributed by atoms with E-state index in [1.165, 1.54) is 19.3 Å². The van der Waals surface area contributed by atoms with Crippen molar-refractivity contribution in [2.75, 3.05) is 5.32 Å². The van der Waals surface area contributed by atoms with E-state index in [0.29, 0.717) is 6.04 Å². The van der Waals surface area contributed by atoms with Crippen molar-refractivity contribution in [3.8, 4) is 5.69 Å². The van der Waals surface area contributed by atoms with Crippen molar-refractivity contribution in [1.29, 1.82) is 0 Å². The second-order valence-electron chi connectivity index (χ2n) is 6.23. The number of hydrogen-bond acceptors (Lipinski definition) is 2. The van der Waals surface area contributed by atoms with Gasteiger partial charge in [0.15, 0.2) is 0 Å². The van der Waals surface area contributed by atoms with E-state index in [4.69, 9.17) is 0 Å². The summed E-state index contributed by atoms with van der Waals surface area (Å²) in [4.78, 5) is 12.3. The molecular weight excluding hydrogens is 288 g/mol. The van der Waals surface area contributed by atoms with Crippen molar-refractivity contribution in [3.05, 3.63) is 41.7 Å². The predicted molar refractivity (Wildman–Crippen MR) is 92.1 cm³/mol. The van der Waals surface area contributed by atoms with Crippen LogP contribution in [-0.4, -0.2) is 21.9 Å². The third-order valence-corrected chi connectivity index (χ3v) is 4.47. The fraction of sp³-hybridized carbons (Fsp3) is 0.444. The van der Waals surface area contributed by atoms with Crippen LogP contribution >= 0.6 is 0 Å². The number of hydrogen-bond donors (Lipinski definition) is 2. The summed E-state index contributed by atoms with van der Waals surface area (Å²) in [6.45, 7) is 3.89. The maximum absolute atomic E-state index is 12.3. The lowest BCUT2D eigenvalue weighted by molar-refractivity contribution is 0.244. The number of anilines is 1. The van der Waals surface area contributed by atoms with Gasteiger partial charge in [-0.05, 0) is 38.8 Å². The summed E-state index contributed by atoms with van der Waals surface area (Å²) in [5.41, 5.74) is 3.55. The monoisotopic (exact) mass is 312 g/mol. The Morgan fingerprint density at radius 3 is 2.52 bits per heavy atom. The fourth-order valence-corrected chi connectivity index (χ4v) is 3.23. The van der Waals surface area contributed by atoms with Crippen LogP contribution in [0.1, 0.15) is 43.5 Å². The number of amides is 2. The van der Waals surface area contributed by atoms with Gasteiger partial charge in [-0.2, -0.15) is 5.10 Å². The van der Waals surface area contributed by atoms with Crippen LogP contribution < -0.4 is 10.6 Å². The van der Waals surface area contributed by atoms with Crippen molar-refractivity contribution in [2.45, 2.75) is 52.0 Å². The van der Waals surface area contributed by atoms with Gasteiger partial charge in [0.2, 0.25) is 0 Å². The quantitative estimate of drug-likeness (QED) is 0.901. The minimum atomic E-state index is -0.129. The molecular formula is C18H24N4O.